The summed E-state index contributed by atoms with van der Waals surface area (Å²) in [5.74, 6) is 0.741. The van der Waals surface area contributed by atoms with Gasteiger partial charge in [0.15, 0.2) is 5.75 Å². The number of nitrogens with zero attached hydrogens (tertiary/aromatic N) is 1. The number of benzene rings is 1. The molecule has 0 saturated carbocycles. The molecule has 0 radical (unpaired) electrons. The average molecular weight is 349 g/mol. The third-order valence-corrected chi connectivity index (χ3v) is 4.48. The van der Waals surface area contributed by atoms with Gasteiger partial charge in [-0.2, -0.15) is 0 Å². The Balaban J connectivity index is 1.77. The van der Waals surface area contributed by atoms with Crippen molar-refractivity contribution in [1.29, 1.82) is 0 Å². The number of para-hydroxylation sites is 2. The first-order valence-corrected chi connectivity index (χ1v) is 9.69. The quantitative estimate of drug-likeness (QED) is 0.387. The summed E-state index contributed by atoms with van der Waals surface area (Å²) in [5.41, 5.74) is 0.730. The van der Waals surface area contributed by atoms with Gasteiger partial charge in [-0.25, -0.2) is 0 Å². The summed E-state index contributed by atoms with van der Waals surface area (Å²) in [6.07, 6.45) is 8.37. The fourth-order valence-electron chi connectivity index (χ4n) is 3.01. The number of aliphatic hydroxyl groups excluding tert-OH is 1. The highest BCUT2D eigenvalue weighted by Gasteiger charge is 2.14. The molecule has 0 atom stereocenters. The van der Waals surface area contributed by atoms with E-state index in [-0.39, 0.29) is 6.08 Å². The van der Waals surface area contributed by atoms with Crippen LogP contribution in [-0.2, 0) is 4.74 Å². The molecule has 140 valence electrons. The van der Waals surface area contributed by atoms with Crippen LogP contribution in [0, 0.1) is 0 Å². The third-order valence-electron chi connectivity index (χ3n) is 4.48. The van der Waals surface area contributed by atoms with E-state index in [0.29, 0.717) is 13.2 Å². The van der Waals surface area contributed by atoms with Crippen LogP contribution in [-0.4, -0.2) is 48.9 Å². The van der Waals surface area contributed by atoms with E-state index in [1.807, 2.05) is 24.3 Å². The Labute approximate surface area is 151 Å². The third kappa shape index (κ3) is 7.78. The summed E-state index contributed by atoms with van der Waals surface area (Å²) in [5, 5.41) is 10.0. The molecule has 5 nitrogen and oxygen atoms in total. The highest BCUT2D eigenvalue weighted by Crippen LogP contribution is 2.18. The SMILES string of the molecule is CCCCCCOc1ccccc1[NH+]=C(O)OCCN1CCCCC1. The molecule has 2 N–H and O–H groups in total. The van der Waals surface area contributed by atoms with E-state index in [9.17, 15) is 5.11 Å². The summed E-state index contributed by atoms with van der Waals surface area (Å²) in [6.45, 7) is 6.48. The first-order valence-electron chi connectivity index (χ1n) is 9.69. The number of nitrogens with one attached hydrogen (secondary N) is 1. The molecule has 1 saturated heterocycles. The van der Waals surface area contributed by atoms with Crippen molar-refractivity contribution in [3.63, 3.8) is 0 Å². The molecule has 2 rings (SSSR count). The van der Waals surface area contributed by atoms with Crippen molar-refractivity contribution in [3.05, 3.63) is 24.3 Å². The van der Waals surface area contributed by atoms with Gasteiger partial charge in [0.25, 0.3) is 5.69 Å². The van der Waals surface area contributed by atoms with Crippen LogP contribution in [0.25, 0.3) is 0 Å². The largest absolute Gasteiger partial charge is 0.551 e. The van der Waals surface area contributed by atoms with E-state index in [4.69, 9.17) is 9.47 Å². The molecule has 0 bridgehead atoms. The van der Waals surface area contributed by atoms with Crippen molar-refractivity contribution in [2.75, 3.05) is 32.8 Å². The molecule has 1 heterocycles. The van der Waals surface area contributed by atoms with E-state index in [1.54, 1.807) is 0 Å². The highest BCUT2D eigenvalue weighted by molar-refractivity contribution is 5.60. The number of hydrogen-bond acceptors (Lipinski definition) is 3. The van der Waals surface area contributed by atoms with Crippen LogP contribution >= 0.6 is 0 Å². The molecule has 0 unspecified atom stereocenters. The van der Waals surface area contributed by atoms with Gasteiger partial charge >= 0.3 is 6.08 Å². The van der Waals surface area contributed by atoms with Crippen LogP contribution in [0.15, 0.2) is 24.3 Å². The van der Waals surface area contributed by atoms with E-state index >= 15 is 0 Å². The predicted molar refractivity (Wildman–Crippen MR) is 101 cm³/mol. The Hall–Kier alpha value is -1.75. The molecule has 0 aromatic heterocycles. The van der Waals surface area contributed by atoms with E-state index in [2.05, 4.69) is 16.8 Å². The lowest BCUT2D eigenvalue weighted by molar-refractivity contribution is -0.383. The summed E-state index contributed by atoms with van der Waals surface area (Å²) in [7, 11) is 0. The Morgan fingerprint density at radius 3 is 2.68 bits per heavy atom. The molecular formula is C20H33N2O3+. The number of ether oxygens (including phenoxy) is 2. The van der Waals surface area contributed by atoms with Crippen LogP contribution in [0.5, 0.6) is 5.75 Å². The minimum Gasteiger partial charge on any atom is -0.487 e. The molecule has 0 amide bonds. The fraction of sp³-hybridized carbons (Fsp3) is 0.650. The van der Waals surface area contributed by atoms with Crippen LogP contribution in [0.3, 0.4) is 0 Å². The number of hydrogen-bond donors (Lipinski definition) is 2. The van der Waals surface area contributed by atoms with Crippen LogP contribution in [0.2, 0.25) is 0 Å². The molecule has 1 aromatic carbocycles. The van der Waals surface area contributed by atoms with Crippen molar-refractivity contribution in [3.8, 4) is 5.75 Å². The van der Waals surface area contributed by atoms with E-state index in [1.165, 1.54) is 38.5 Å². The van der Waals surface area contributed by atoms with Crippen molar-refractivity contribution in [2.45, 2.75) is 51.9 Å². The lowest BCUT2D eigenvalue weighted by atomic mass is 10.1. The number of likely N-dealkylation sites (tertiary alicyclic amines) is 1. The van der Waals surface area contributed by atoms with Crippen molar-refractivity contribution in [2.24, 2.45) is 0 Å². The Kier molecular flexibility index (Phi) is 9.19. The van der Waals surface area contributed by atoms with Gasteiger partial charge in [0.05, 0.1) is 6.61 Å². The van der Waals surface area contributed by atoms with Crippen LogP contribution < -0.4 is 9.73 Å². The van der Waals surface area contributed by atoms with E-state index < -0.39 is 0 Å². The number of aliphatic hydroxyl groups is 1. The maximum absolute atomic E-state index is 10.0. The molecule has 1 aliphatic heterocycles. The maximum Gasteiger partial charge on any atom is 0.551 e. The summed E-state index contributed by atoms with van der Waals surface area (Å²) >= 11 is 0. The maximum atomic E-state index is 10.0. The van der Waals surface area contributed by atoms with Crippen molar-refractivity contribution < 1.29 is 19.6 Å². The molecule has 1 aromatic rings. The van der Waals surface area contributed by atoms with Crippen molar-refractivity contribution >= 4 is 11.8 Å². The van der Waals surface area contributed by atoms with Gasteiger partial charge in [0.2, 0.25) is 0 Å². The highest BCUT2D eigenvalue weighted by atomic mass is 16.6. The molecule has 0 aliphatic carbocycles. The monoisotopic (exact) mass is 349 g/mol. The van der Waals surface area contributed by atoms with Gasteiger partial charge < -0.3 is 14.6 Å². The molecule has 5 heteroatoms. The topological polar surface area (TPSA) is 55.9 Å². The standard InChI is InChI=1S/C20H32N2O3/c1-2-3-4-10-16-24-19-12-7-6-11-18(19)21-20(23)25-17-15-22-13-8-5-9-14-22/h6-7,11-12H,2-5,8-10,13-17H2,1H3,(H,21,23)/p+1. The lowest BCUT2D eigenvalue weighted by Gasteiger charge is -2.25. The van der Waals surface area contributed by atoms with Crippen LogP contribution in [0.1, 0.15) is 51.9 Å². The summed E-state index contributed by atoms with van der Waals surface area (Å²) < 4.78 is 11.3. The van der Waals surface area contributed by atoms with E-state index in [0.717, 1.165) is 37.5 Å². The smallest absolute Gasteiger partial charge is 0.487 e. The number of rotatable bonds is 10. The zero-order valence-electron chi connectivity index (χ0n) is 15.5. The van der Waals surface area contributed by atoms with Gasteiger partial charge in [-0.05, 0) is 38.4 Å². The Bertz CT molecular complexity index is 513. The molecule has 25 heavy (non-hydrogen) atoms. The van der Waals surface area contributed by atoms with Crippen LogP contribution in [0.4, 0.5) is 5.69 Å². The Morgan fingerprint density at radius 1 is 1.08 bits per heavy atom. The second-order valence-electron chi connectivity index (χ2n) is 6.59. The fourth-order valence-corrected chi connectivity index (χ4v) is 3.01. The summed E-state index contributed by atoms with van der Waals surface area (Å²) in [4.78, 5) is 5.29. The van der Waals surface area contributed by atoms with Gasteiger partial charge in [0.1, 0.15) is 6.61 Å². The molecule has 1 fully saturated rings. The van der Waals surface area contributed by atoms with Gasteiger partial charge in [-0.1, -0.05) is 44.7 Å². The minimum absolute atomic E-state index is 0.168. The van der Waals surface area contributed by atoms with Crippen molar-refractivity contribution in [1.82, 2.24) is 4.90 Å². The average Bonchev–Trinajstić information content (AvgIpc) is 2.64. The normalized spacial score (nSPS) is 16.0. The van der Waals surface area contributed by atoms with Gasteiger partial charge in [-0.3, -0.25) is 4.90 Å². The zero-order chi connectivity index (χ0) is 17.7. The summed E-state index contributed by atoms with van der Waals surface area (Å²) in [6, 6.07) is 7.63. The lowest BCUT2D eigenvalue weighted by Crippen LogP contribution is -2.67. The minimum atomic E-state index is -0.168. The first-order chi connectivity index (χ1) is 12.3. The first kappa shape index (κ1) is 19.6. The zero-order valence-corrected chi connectivity index (χ0v) is 15.5. The van der Waals surface area contributed by atoms with Gasteiger partial charge in [0, 0.05) is 12.6 Å². The number of piperidine rings is 1. The van der Waals surface area contributed by atoms with Gasteiger partial charge in [-0.15, -0.1) is 4.99 Å². The number of unbranched alkanes of at least 4 members (excludes halogenated alkanes) is 3. The molecular weight excluding hydrogens is 316 g/mol. The Morgan fingerprint density at radius 2 is 1.88 bits per heavy atom. The second-order valence-corrected chi connectivity index (χ2v) is 6.59. The second kappa shape index (κ2) is 11.7. The molecule has 1 aliphatic rings. The molecule has 0 spiro atoms. The predicted octanol–water partition coefficient (Wildman–Crippen LogP) is 2.77.